The summed E-state index contributed by atoms with van der Waals surface area (Å²) in [6.45, 7) is 0. The molecule has 2 heterocycles. The fourth-order valence-corrected chi connectivity index (χ4v) is 5.54. The highest BCUT2D eigenvalue weighted by Crippen LogP contribution is 2.31. The van der Waals surface area contributed by atoms with Crippen LogP contribution in [-0.2, 0) is 25.7 Å². The molecule has 36 heavy (non-hydrogen) atoms. The molecule has 0 saturated carbocycles. The zero-order valence-electron chi connectivity index (χ0n) is 20.9. The molecule has 184 valence electrons. The highest BCUT2D eigenvalue weighted by Gasteiger charge is 2.20. The number of nitrogen functional groups attached to an aromatic ring is 1. The molecular weight excluding hydrogens is 448 g/mol. The number of nitrogens with one attached hydrogen (secondary N) is 1. The number of nitrogens with zero attached hydrogens (tertiary/aromatic N) is 6. The van der Waals surface area contributed by atoms with E-state index in [0.717, 1.165) is 54.6 Å². The molecule has 0 fully saturated rings. The smallest absolute Gasteiger partial charge is 0.248 e. The molecule has 1 atom stereocenters. The first-order valence-electron chi connectivity index (χ1n) is 12.8. The molecule has 2 aliphatic carbocycles. The third-order valence-electron chi connectivity index (χ3n) is 7.56. The van der Waals surface area contributed by atoms with Crippen LogP contribution >= 0.6 is 0 Å². The summed E-state index contributed by atoms with van der Waals surface area (Å²) in [4.78, 5) is 6.80. The molecule has 6 rings (SSSR count). The highest BCUT2D eigenvalue weighted by atomic mass is 15.4. The van der Waals surface area contributed by atoms with Gasteiger partial charge in [-0.3, -0.25) is 0 Å². The van der Waals surface area contributed by atoms with Crippen LogP contribution in [0.4, 0.5) is 17.6 Å². The largest absolute Gasteiger partial charge is 0.368 e. The quantitative estimate of drug-likeness (QED) is 0.419. The molecule has 3 N–H and O–H groups in total. The minimum Gasteiger partial charge on any atom is -0.368 e. The van der Waals surface area contributed by atoms with Crippen molar-refractivity contribution >= 4 is 17.6 Å². The third-order valence-corrected chi connectivity index (χ3v) is 7.56. The number of rotatable bonds is 4. The Balaban J connectivity index is 1.25. The van der Waals surface area contributed by atoms with Crippen LogP contribution in [0.3, 0.4) is 0 Å². The van der Waals surface area contributed by atoms with Crippen molar-refractivity contribution in [2.24, 2.45) is 0 Å². The van der Waals surface area contributed by atoms with E-state index in [1.165, 1.54) is 29.5 Å². The van der Waals surface area contributed by atoms with Crippen molar-refractivity contribution in [1.29, 1.82) is 0 Å². The van der Waals surface area contributed by atoms with Gasteiger partial charge in [0.05, 0.1) is 5.69 Å². The number of fused-ring (bicyclic) bond motifs is 4. The summed E-state index contributed by atoms with van der Waals surface area (Å²) >= 11 is 0. The Morgan fingerprint density at radius 1 is 0.889 bits per heavy atom. The van der Waals surface area contributed by atoms with E-state index in [-0.39, 0.29) is 5.95 Å². The SMILES string of the molecule is CN(C)[C@@H]1CCc2ccc(Nc3nc(N)n(-c4cc5c(nn4)-c4ccccc4CCC5)n3)cc2CC1. The van der Waals surface area contributed by atoms with Gasteiger partial charge in [-0.05, 0) is 99.5 Å². The van der Waals surface area contributed by atoms with Crippen LogP contribution in [-0.4, -0.2) is 50.0 Å². The number of nitrogens with two attached hydrogens (primary N) is 1. The number of aromatic nitrogens is 5. The van der Waals surface area contributed by atoms with Gasteiger partial charge in [0.2, 0.25) is 11.9 Å². The van der Waals surface area contributed by atoms with Crippen LogP contribution in [0.5, 0.6) is 0 Å². The summed E-state index contributed by atoms with van der Waals surface area (Å²) in [7, 11) is 4.35. The lowest BCUT2D eigenvalue weighted by Gasteiger charge is -2.21. The predicted molar refractivity (Wildman–Crippen MR) is 143 cm³/mol. The Bertz CT molecular complexity index is 1410. The van der Waals surface area contributed by atoms with Crippen LogP contribution in [0, 0.1) is 0 Å². The monoisotopic (exact) mass is 480 g/mol. The molecule has 2 aromatic carbocycles. The van der Waals surface area contributed by atoms with E-state index in [1.54, 1.807) is 4.68 Å². The molecule has 0 spiro atoms. The van der Waals surface area contributed by atoms with E-state index >= 15 is 0 Å². The second kappa shape index (κ2) is 9.35. The maximum Gasteiger partial charge on any atom is 0.248 e. The van der Waals surface area contributed by atoms with Crippen LogP contribution in [0.15, 0.2) is 48.5 Å². The molecule has 0 bridgehead atoms. The van der Waals surface area contributed by atoms with Gasteiger partial charge in [0, 0.05) is 17.3 Å². The number of anilines is 3. The summed E-state index contributed by atoms with van der Waals surface area (Å²) in [6.07, 6.45) is 7.61. The summed E-state index contributed by atoms with van der Waals surface area (Å²) in [5.41, 5.74) is 14.7. The fraction of sp³-hybridized carbons (Fsp3) is 0.357. The minimum atomic E-state index is 0.282. The zero-order chi connectivity index (χ0) is 24.6. The van der Waals surface area contributed by atoms with Gasteiger partial charge in [-0.1, -0.05) is 30.3 Å². The first-order valence-corrected chi connectivity index (χ1v) is 12.8. The molecular formula is C28H32N8. The highest BCUT2D eigenvalue weighted by molar-refractivity contribution is 5.68. The van der Waals surface area contributed by atoms with Gasteiger partial charge >= 0.3 is 0 Å². The van der Waals surface area contributed by atoms with Crippen molar-refractivity contribution in [3.05, 3.63) is 70.8 Å². The minimum absolute atomic E-state index is 0.282. The van der Waals surface area contributed by atoms with E-state index in [2.05, 4.69) is 87.1 Å². The maximum absolute atomic E-state index is 6.26. The average Bonchev–Trinajstić information content (AvgIpc) is 3.03. The first-order chi connectivity index (χ1) is 17.5. The van der Waals surface area contributed by atoms with E-state index < -0.39 is 0 Å². The summed E-state index contributed by atoms with van der Waals surface area (Å²) in [5.74, 6) is 1.32. The van der Waals surface area contributed by atoms with Gasteiger partial charge in [0.25, 0.3) is 0 Å². The van der Waals surface area contributed by atoms with Crippen molar-refractivity contribution < 1.29 is 0 Å². The molecule has 8 heteroatoms. The van der Waals surface area contributed by atoms with Crippen LogP contribution < -0.4 is 11.1 Å². The van der Waals surface area contributed by atoms with Crippen molar-refractivity contribution in [2.45, 2.75) is 51.0 Å². The Labute approximate surface area is 211 Å². The van der Waals surface area contributed by atoms with E-state index in [4.69, 9.17) is 5.73 Å². The third kappa shape index (κ3) is 4.33. The first kappa shape index (κ1) is 22.7. The topological polar surface area (TPSA) is 97.8 Å². The molecule has 2 aromatic heterocycles. The molecule has 0 unspecified atom stereocenters. The van der Waals surface area contributed by atoms with E-state index in [0.29, 0.717) is 17.8 Å². The standard InChI is InChI=1S/C28H32N8/c1-35(2)23-14-11-18-10-13-22(16-20(18)12-15-23)30-28-31-27(29)36(34-28)25-17-21-8-5-7-19-6-3-4-9-24(19)26(21)33-32-25/h3-4,6,9-10,13,16-17,23H,5,7-8,11-12,14-15H2,1-2H3,(H3,29,30,31,34)/t23-/m1/s1. The molecule has 8 nitrogen and oxygen atoms in total. The second-order valence-corrected chi connectivity index (χ2v) is 10.1. The summed E-state index contributed by atoms with van der Waals surface area (Å²) in [5, 5.41) is 17.0. The lowest BCUT2D eigenvalue weighted by molar-refractivity contribution is 0.269. The zero-order valence-corrected chi connectivity index (χ0v) is 20.9. The molecule has 2 aliphatic rings. The Hall–Kier alpha value is -3.78. The Morgan fingerprint density at radius 2 is 1.69 bits per heavy atom. The summed E-state index contributed by atoms with van der Waals surface area (Å²) in [6, 6.07) is 17.7. The van der Waals surface area contributed by atoms with Crippen molar-refractivity contribution in [1.82, 2.24) is 29.9 Å². The van der Waals surface area contributed by atoms with Gasteiger partial charge in [-0.25, -0.2) is 0 Å². The lowest BCUT2D eigenvalue weighted by Crippen LogP contribution is -2.27. The second-order valence-electron chi connectivity index (χ2n) is 10.1. The van der Waals surface area contributed by atoms with Gasteiger partial charge in [0.15, 0.2) is 5.82 Å². The molecule has 0 saturated heterocycles. The number of hydrogen-bond acceptors (Lipinski definition) is 7. The van der Waals surface area contributed by atoms with Gasteiger partial charge < -0.3 is 16.0 Å². The van der Waals surface area contributed by atoms with E-state index in [1.807, 2.05) is 6.07 Å². The normalized spacial score (nSPS) is 17.0. The maximum atomic E-state index is 6.26. The molecule has 0 amide bonds. The predicted octanol–water partition coefficient (Wildman–Crippen LogP) is 4.35. The Morgan fingerprint density at radius 3 is 2.56 bits per heavy atom. The van der Waals surface area contributed by atoms with Crippen molar-refractivity contribution in [3.8, 4) is 17.1 Å². The van der Waals surface area contributed by atoms with Crippen LogP contribution in [0.2, 0.25) is 0 Å². The average molecular weight is 481 g/mol. The number of hydrogen-bond donors (Lipinski definition) is 2. The van der Waals surface area contributed by atoms with Crippen LogP contribution in [0.25, 0.3) is 17.1 Å². The van der Waals surface area contributed by atoms with Crippen molar-refractivity contribution in [2.75, 3.05) is 25.1 Å². The fourth-order valence-electron chi connectivity index (χ4n) is 5.54. The van der Waals surface area contributed by atoms with Crippen LogP contribution in [0.1, 0.15) is 41.5 Å². The molecule has 4 aromatic rings. The molecule has 0 aliphatic heterocycles. The van der Waals surface area contributed by atoms with Gasteiger partial charge in [-0.15, -0.1) is 15.3 Å². The Kier molecular flexibility index (Phi) is 5.89. The van der Waals surface area contributed by atoms with Crippen molar-refractivity contribution in [3.63, 3.8) is 0 Å². The van der Waals surface area contributed by atoms with E-state index in [9.17, 15) is 0 Å². The lowest BCUT2D eigenvalue weighted by atomic mass is 10.0. The summed E-state index contributed by atoms with van der Waals surface area (Å²) < 4.78 is 1.57. The molecule has 0 radical (unpaired) electrons. The number of aryl methyl sites for hydroxylation is 4. The van der Waals surface area contributed by atoms with Gasteiger partial charge in [0.1, 0.15) is 0 Å². The van der Waals surface area contributed by atoms with Gasteiger partial charge in [-0.2, -0.15) is 9.67 Å². The number of benzene rings is 2.